The molecule has 0 aromatic rings. The number of carboxylic acid groups (broad SMARTS) is 1. The molecule has 0 aliphatic carbocycles. The smallest absolute Gasteiger partial charge is 0.325 e. The van der Waals surface area contributed by atoms with E-state index in [2.05, 4.69) is 0 Å². The highest BCUT2D eigenvalue weighted by atomic mass is 35.5. The molecule has 0 aliphatic heterocycles. The molecule has 1 N–H and O–H groups in total. The van der Waals surface area contributed by atoms with E-state index in [0.717, 1.165) is 0 Å². The lowest BCUT2D eigenvalue weighted by Crippen LogP contribution is -2.36. The molecular formula is C12H22ClNO2. The van der Waals surface area contributed by atoms with Crippen molar-refractivity contribution in [3.05, 3.63) is 23.8 Å². The fraction of sp³-hybridized carbons (Fsp3) is 0.583. The average molecular weight is 248 g/mol. The maximum absolute atomic E-state index is 11.0. The van der Waals surface area contributed by atoms with Gasteiger partial charge in [-0.05, 0) is 26.6 Å². The predicted molar refractivity (Wildman–Crippen MR) is 70.1 cm³/mol. The molecule has 0 heterocycles. The molecule has 0 aliphatic rings. The minimum atomic E-state index is -0.871. The maximum atomic E-state index is 11.0. The third-order valence-corrected chi connectivity index (χ3v) is 1.89. The van der Waals surface area contributed by atoms with Gasteiger partial charge in [0.2, 0.25) is 0 Å². The Balaban J connectivity index is 0. The van der Waals surface area contributed by atoms with E-state index >= 15 is 0 Å². The summed E-state index contributed by atoms with van der Waals surface area (Å²) in [6.07, 6.45) is 5.28. The van der Waals surface area contributed by atoms with Crippen LogP contribution in [0.15, 0.2) is 23.8 Å². The van der Waals surface area contributed by atoms with Gasteiger partial charge in [-0.25, -0.2) is 0 Å². The standard InChI is InChI=1S/C10H16ClNO2.C2H6/c1-4-5-8(6-7-11)9(10(13)14)12(2)3;1-2/h4-6,9H,7H2,1-3H3,(H,13,14);1-2H3/b5-4-,8-6+;. The summed E-state index contributed by atoms with van der Waals surface area (Å²) >= 11 is 5.56. The van der Waals surface area contributed by atoms with Crippen LogP contribution in [0.1, 0.15) is 20.8 Å². The van der Waals surface area contributed by atoms with E-state index in [1.807, 2.05) is 20.8 Å². The van der Waals surface area contributed by atoms with Crippen molar-refractivity contribution in [3.63, 3.8) is 0 Å². The molecule has 94 valence electrons. The number of likely N-dealkylation sites (N-methyl/N-ethyl adjacent to an activating group) is 1. The second-order valence-corrected chi connectivity index (χ2v) is 3.37. The molecule has 1 unspecified atom stereocenters. The lowest BCUT2D eigenvalue weighted by molar-refractivity contribution is -0.140. The summed E-state index contributed by atoms with van der Waals surface area (Å²) in [6, 6.07) is -0.634. The van der Waals surface area contributed by atoms with E-state index in [1.165, 1.54) is 0 Å². The first-order chi connectivity index (χ1) is 7.54. The summed E-state index contributed by atoms with van der Waals surface area (Å²) < 4.78 is 0. The minimum Gasteiger partial charge on any atom is -0.480 e. The first-order valence-electron chi connectivity index (χ1n) is 5.32. The highest BCUT2D eigenvalue weighted by Crippen LogP contribution is 2.10. The Morgan fingerprint density at radius 1 is 1.44 bits per heavy atom. The van der Waals surface area contributed by atoms with Gasteiger partial charge in [-0.2, -0.15) is 0 Å². The third-order valence-electron chi connectivity index (χ3n) is 1.74. The minimum absolute atomic E-state index is 0.317. The number of rotatable bonds is 5. The van der Waals surface area contributed by atoms with Crippen molar-refractivity contribution >= 4 is 17.6 Å². The molecule has 4 heteroatoms. The van der Waals surface area contributed by atoms with Gasteiger partial charge >= 0.3 is 5.97 Å². The molecule has 0 radical (unpaired) electrons. The first kappa shape index (κ1) is 17.6. The predicted octanol–water partition coefficient (Wildman–Crippen LogP) is 2.77. The fourth-order valence-electron chi connectivity index (χ4n) is 1.21. The van der Waals surface area contributed by atoms with Crippen molar-refractivity contribution in [1.29, 1.82) is 0 Å². The monoisotopic (exact) mass is 247 g/mol. The first-order valence-corrected chi connectivity index (χ1v) is 5.86. The number of allylic oxidation sites excluding steroid dienone is 2. The second-order valence-electron chi connectivity index (χ2n) is 3.06. The van der Waals surface area contributed by atoms with Crippen molar-refractivity contribution in [2.45, 2.75) is 26.8 Å². The number of hydrogen-bond donors (Lipinski definition) is 1. The van der Waals surface area contributed by atoms with Gasteiger partial charge in [0.1, 0.15) is 6.04 Å². The zero-order valence-electron chi connectivity index (χ0n) is 10.7. The van der Waals surface area contributed by atoms with Crippen molar-refractivity contribution in [1.82, 2.24) is 4.90 Å². The van der Waals surface area contributed by atoms with Crippen LogP contribution in [-0.2, 0) is 4.79 Å². The van der Waals surface area contributed by atoms with Gasteiger partial charge in [0, 0.05) is 5.88 Å². The molecule has 0 saturated heterocycles. The molecule has 0 spiro atoms. The Kier molecular flexibility index (Phi) is 11.8. The summed E-state index contributed by atoms with van der Waals surface area (Å²) in [6.45, 7) is 5.84. The van der Waals surface area contributed by atoms with Crippen LogP contribution in [0.2, 0.25) is 0 Å². The number of alkyl halides is 1. The van der Waals surface area contributed by atoms with E-state index in [1.54, 1.807) is 37.2 Å². The van der Waals surface area contributed by atoms with Gasteiger partial charge in [0.25, 0.3) is 0 Å². The van der Waals surface area contributed by atoms with Crippen LogP contribution < -0.4 is 0 Å². The Morgan fingerprint density at radius 3 is 2.19 bits per heavy atom. The van der Waals surface area contributed by atoms with E-state index < -0.39 is 12.0 Å². The van der Waals surface area contributed by atoms with Crippen LogP contribution in [0.3, 0.4) is 0 Å². The quantitative estimate of drug-likeness (QED) is 0.600. The Labute approximate surface area is 103 Å². The van der Waals surface area contributed by atoms with Gasteiger partial charge < -0.3 is 5.11 Å². The highest BCUT2D eigenvalue weighted by Gasteiger charge is 2.22. The molecule has 0 aromatic heterocycles. The van der Waals surface area contributed by atoms with Crippen LogP contribution in [0.4, 0.5) is 0 Å². The van der Waals surface area contributed by atoms with Crippen LogP contribution in [0.25, 0.3) is 0 Å². The highest BCUT2D eigenvalue weighted by molar-refractivity contribution is 6.19. The number of nitrogens with zero attached hydrogens (tertiary/aromatic N) is 1. The Hall–Kier alpha value is -0.800. The number of aliphatic carboxylic acids is 1. The molecule has 0 bridgehead atoms. The van der Waals surface area contributed by atoms with E-state index in [4.69, 9.17) is 16.7 Å². The summed E-state index contributed by atoms with van der Waals surface area (Å²) in [7, 11) is 3.45. The summed E-state index contributed by atoms with van der Waals surface area (Å²) in [5, 5.41) is 9.01. The largest absolute Gasteiger partial charge is 0.480 e. The van der Waals surface area contributed by atoms with Crippen molar-refractivity contribution in [2.24, 2.45) is 0 Å². The van der Waals surface area contributed by atoms with Gasteiger partial charge in [0.15, 0.2) is 0 Å². The zero-order chi connectivity index (χ0) is 13.1. The lowest BCUT2D eigenvalue weighted by atomic mass is 10.1. The van der Waals surface area contributed by atoms with Crippen LogP contribution >= 0.6 is 11.6 Å². The summed E-state index contributed by atoms with van der Waals surface area (Å²) in [5.74, 6) is -0.554. The molecule has 0 amide bonds. The van der Waals surface area contributed by atoms with E-state index in [-0.39, 0.29) is 0 Å². The van der Waals surface area contributed by atoms with Crippen LogP contribution in [0, 0.1) is 0 Å². The van der Waals surface area contributed by atoms with E-state index in [0.29, 0.717) is 11.5 Å². The van der Waals surface area contributed by atoms with Gasteiger partial charge in [-0.1, -0.05) is 32.1 Å². The van der Waals surface area contributed by atoms with Gasteiger partial charge in [-0.3, -0.25) is 9.69 Å². The van der Waals surface area contributed by atoms with Crippen molar-refractivity contribution in [2.75, 3.05) is 20.0 Å². The molecule has 3 nitrogen and oxygen atoms in total. The van der Waals surface area contributed by atoms with Crippen molar-refractivity contribution < 1.29 is 9.90 Å². The van der Waals surface area contributed by atoms with Crippen molar-refractivity contribution in [3.8, 4) is 0 Å². The van der Waals surface area contributed by atoms with Crippen LogP contribution in [0.5, 0.6) is 0 Å². The number of hydrogen-bond acceptors (Lipinski definition) is 2. The summed E-state index contributed by atoms with van der Waals surface area (Å²) in [5.41, 5.74) is 0.708. The SMILES string of the molecule is C/C=C\C(=C/CCl)C(C(=O)O)N(C)C.CC. The topological polar surface area (TPSA) is 40.5 Å². The molecule has 0 rings (SSSR count). The summed E-state index contributed by atoms with van der Waals surface area (Å²) in [4.78, 5) is 12.6. The average Bonchev–Trinajstić information content (AvgIpc) is 2.20. The molecule has 0 saturated carbocycles. The van der Waals surface area contributed by atoms with E-state index in [9.17, 15) is 4.79 Å². The maximum Gasteiger partial charge on any atom is 0.325 e. The molecule has 16 heavy (non-hydrogen) atoms. The molecule has 1 atom stereocenters. The zero-order valence-corrected chi connectivity index (χ0v) is 11.5. The third kappa shape index (κ3) is 6.64. The van der Waals surface area contributed by atoms with Gasteiger partial charge in [-0.15, -0.1) is 11.6 Å². The molecular weight excluding hydrogens is 226 g/mol. The normalized spacial score (nSPS) is 13.6. The van der Waals surface area contributed by atoms with Gasteiger partial charge in [0.05, 0.1) is 0 Å². The number of carbonyl (C=O) groups is 1. The Morgan fingerprint density at radius 2 is 1.94 bits per heavy atom. The number of halogens is 1. The van der Waals surface area contributed by atoms with Crippen LogP contribution in [-0.4, -0.2) is 42.0 Å². The fourth-order valence-corrected chi connectivity index (χ4v) is 1.39. The lowest BCUT2D eigenvalue weighted by Gasteiger charge is -2.21. The second kappa shape index (κ2) is 10.7. The Bertz CT molecular complexity index is 247. The molecule has 0 fully saturated rings. The molecule has 0 aromatic carbocycles. The number of carboxylic acids is 1.